The number of ether oxygens (including phenoxy) is 1. The molecule has 3 N–H and O–H groups in total. The van der Waals surface area contributed by atoms with Crippen molar-refractivity contribution in [3.8, 4) is 5.75 Å². The first-order chi connectivity index (χ1) is 15.2. The Balaban J connectivity index is 1.58. The molecule has 1 aromatic carbocycles. The molecule has 174 valence electrons. The molecule has 1 aliphatic carbocycles. The quantitative estimate of drug-likeness (QED) is 0.284. The summed E-state index contributed by atoms with van der Waals surface area (Å²) in [7, 11) is 0. The molecule has 0 unspecified atom stereocenters. The minimum Gasteiger partial charge on any atom is -0.489 e. The SMILES string of the molecule is CCCCC[C@H](O)/C=C/[C@@H]1[C@H]2c3cccc(CCCCNCCCC)c3O[C@H]2C[C@H]1O. The number of rotatable bonds is 14. The first-order valence-corrected chi connectivity index (χ1v) is 12.7. The Hall–Kier alpha value is -1.36. The van der Waals surface area contributed by atoms with Crippen LogP contribution in [-0.4, -0.2) is 41.6 Å². The van der Waals surface area contributed by atoms with Crippen LogP contribution >= 0.6 is 0 Å². The lowest BCUT2D eigenvalue weighted by Crippen LogP contribution is -2.17. The topological polar surface area (TPSA) is 61.7 Å². The highest BCUT2D eigenvalue weighted by Gasteiger charge is 2.48. The average molecular weight is 430 g/mol. The van der Waals surface area contributed by atoms with Gasteiger partial charge < -0.3 is 20.3 Å². The lowest BCUT2D eigenvalue weighted by molar-refractivity contribution is 0.135. The fourth-order valence-electron chi connectivity index (χ4n) is 5.11. The molecule has 1 saturated carbocycles. The molecular weight excluding hydrogens is 386 g/mol. The maximum absolute atomic E-state index is 10.7. The van der Waals surface area contributed by atoms with Crippen LogP contribution in [0.3, 0.4) is 0 Å². The van der Waals surface area contributed by atoms with Crippen LogP contribution < -0.4 is 10.1 Å². The number of hydrogen-bond acceptors (Lipinski definition) is 4. The monoisotopic (exact) mass is 429 g/mol. The van der Waals surface area contributed by atoms with Crippen LogP contribution in [0.1, 0.15) is 88.7 Å². The molecule has 0 saturated heterocycles. The largest absolute Gasteiger partial charge is 0.489 e. The Labute approximate surface area is 189 Å². The van der Waals surface area contributed by atoms with Gasteiger partial charge in [0.2, 0.25) is 0 Å². The fraction of sp³-hybridized carbons (Fsp3) is 0.704. The Morgan fingerprint density at radius 3 is 2.71 bits per heavy atom. The van der Waals surface area contributed by atoms with Gasteiger partial charge in [-0.25, -0.2) is 0 Å². The third kappa shape index (κ3) is 6.57. The average Bonchev–Trinajstić information content (AvgIpc) is 3.27. The summed E-state index contributed by atoms with van der Waals surface area (Å²) >= 11 is 0. The number of para-hydroxylation sites is 1. The second kappa shape index (κ2) is 12.6. The molecule has 0 radical (unpaired) electrons. The molecule has 31 heavy (non-hydrogen) atoms. The van der Waals surface area contributed by atoms with Gasteiger partial charge in [0, 0.05) is 23.8 Å². The van der Waals surface area contributed by atoms with Crippen molar-refractivity contribution in [3.05, 3.63) is 41.5 Å². The summed E-state index contributed by atoms with van der Waals surface area (Å²) in [6, 6.07) is 6.51. The minimum absolute atomic E-state index is 0.0186. The number of nitrogens with one attached hydrogen (secondary N) is 1. The molecule has 0 aromatic heterocycles. The maximum atomic E-state index is 10.7. The predicted molar refractivity (Wildman–Crippen MR) is 128 cm³/mol. The van der Waals surface area contributed by atoms with E-state index in [1.165, 1.54) is 30.4 Å². The molecule has 1 aromatic rings. The van der Waals surface area contributed by atoms with E-state index in [4.69, 9.17) is 4.74 Å². The third-order valence-corrected chi connectivity index (χ3v) is 6.90. The van der Waals surface area contributed by atoms with Gasteiger partial charge in [-0.05, 0) is 50.8 Å². The van der Waals surface area contributed by atoms with Crippen LogP contribution in [0.15, 0.2) is 30.4 Å². The molecular formula is C27H43NO3. The molecule has 0 bridgehead atoms. The summed E-state index contributed by atoms with van der Waals surface area (Å²) in [4.78, 5) is 0. The normalized spacial score (nSPS) is 25.5. The zero-order chi connectivity index (χ0) is 22.1. The van der Waals surface area contributed by atoms with E-state index in [0.717, 1.165) is 57.4 Å². The van der Waals surface area contributed by atoms with E-state index in [-0.39, 0.29) is 17.9 Å². The number of hydrogen-bond donors (Lipinski definition) is 3. The van der Waals surface area contributed by atoms with Gasteiger partial charge in [0.1, 0.15) is 11.9 Å². The van der Waals surface area contributed by atoms with Gasteiger partial charge in [-0.2, -0.15) is 0 Å². The Morgan fingerprint density at radius 1 is 1.10 bits per heavy atom. The number of aliphatic hydroxyl groups is 2. The van der Waals surface area contributed by atoms with Crippen molar-refractivity contribution in [2.75, 3.05) is 13.1 Å². The van der Waals surface area contributed by atoms with Gasteiger partial charge in [-0.15, -0.1) is 0 Å². The van der Waals surface area contributed by atoms with Crippen LogP contribution in [-0.2, 0) is 6.42 Å². The van der Waals surface area contributed by atoms with Crippen molar-refractivity contribution in [1.82, 2.24) is 5.32 Å². The number of aryl methyl sites for hydroxylation is 1. The second-order valence-corrected chi connectivity index (χ2v) is 9.41. The van der Waals surface area contributed by atoms with Crippen molar-refractivity contribution in [2.24, 2.45) is 5.92 Å². The van der Waals surface area contributed by atoms with E-state index in [0.29, 0.717) is 6.42 Å². The molecule has 4 nitrogen and oxygen atoms in total. The van der Waals surface area contributed by atoms with Gasteiger partial charge in [-0.3, -0.25) is 0 Å². The Kier molecular flexibility index (Phi) is 9.89. The minimum atomic E-state index is -0.420. The van der Waals surface area contributed by atoms with E-state index < -0.39 is 12.2 Å². The summed E-state index contributed by atoms with van der Waals surface area (Å²) < 4.78 is 6.39. The highest BCUT2D eigenvalue weighted by molar-refractivity contribution is 5.49. The van der Waals surface area contributed by atoms with E-state index in [1.54, 1.807) is 0 Å². The van der Waals surface area contributed by atoms with E-state index >= 15 is 0 Å². The molecule has 0 amide bonds. The highest BCUT2D eigenvalue weighted by atomic mass is 16.5. The molecule has 1 heterocycles. The maximum Gasteiger partial charge on any atom is 0.126 e. The van der Waals surface area contributed by atoms with Crippen LogP contribution in [0.25, 0.3) is 0 Å². The smallest absolute Gasteiger partial charge is 0.126 e. The Bertz CT molecular complexity index is 689. The molecule has 5 atom stereocenters. The first-order valence-electron chi connectivity index (χ1n) is 12.7. The summed E-state index contributed by atoms with van der Waals surface area (Å²) in [5.74, 6) is 1.27. The molecule has 2 aliphatic rings. The summed E-state index contributed by atoms with van der Waals surface area (Å²) in [6.45, 7) is 6.60. The van der Waals surface area contributed by atoms with Crippen LogP contribution in [0.2, 0.25) is 0 Å². The third-order valence-electron chi connectivity index (χ3n) is 6.90. The first kappa shape index (κ1) is 24.3. The highest BCUT2D eigenvalue weighted by Crippen LogP contribution is 2.52. The molecule has 0 spiro atoms. The van der Waals surface area contributed by atoms with E-state index in [2.05, 4.69) is 43.4 Å². The van der Waals surface area contributed by atoms with Gasteiger partial charge in [0.05, 0.1) is 12.2 Å². The van der Waals surface area contributed by atoms with Crippen LogP contribution in [0, 0.1) is 5.92 Å². The zero-order valence-corrected chi connectivity index (χ0v) is 19.6. The van der Waals surface area contributed by atoms with Crippen LogP contribution in [0.5, 0.6) is 5.75 Å². The molecule has 4 heteroatoms. The molecule has 1 aliphatic heterocycles. The van der Waals surface area contributed by atoms with Crippen molar-refractivity contribution in [2.45, 2.75) is 102 Å². The van der Waals surface area contributed by atoms with Gasteiger partial charge in [-0.1, -0.05) is 69.9 Å². The Morgan fingerprint density at radius 2 is 1.90 bits per heavy atom. The lowest BCUT2D eigenvalue weighted by Gasteiger charge is -2.18. The van der Waals surface area contributed by atoms with Gasteiger partial charge in [0.25, 0.3) is 0 Å². The van der Waals surface area contributed by atoms with E-state index in [1.807, 2.05) is 6.08 Å². The molecule has 3 rings (SSSR count). The van der Waals surface area contributed by atoms with Crippen molar-refractivity contribution < 1.29 is 14.9 Å². The fourth-order valence-corrected chi connectivity index (χ4v) is 5.11. The number of fused-ring (bicyclic) bond motifs is 3. The standard InChI is InChI=1S/C27H43NO3/c1-3-5-7-13-21(29)15-16-22-24(30)19-25-26(22)23-14-10-12-20(27(23)31-25)11-8-9-18-28-17-6-4-2/h10,12,14-16,21-22,24-26,28-30H,3-9,11,13,17-19H2,1-2H3/b16-15+/t21-,22-,24+,25-,26-/m0/s1. The van der Waals surface area contributed by atoms with Gasteiger partial charge >= 0.3 is 0 Å². The summed E-state index contributed by atoms with van der Waals surface area (Å²) in [5, 5.41) is 24.5. The summed E-state index contributed by atoms with van der Waals surface area (Å²) in [6.07, 6.45) is 13.9. The number of aliphatic hydroxyl groups excluding tert-OH is 2. The van der Waals surface area contributed by atoms with Crippen molar-refractivity contribution >= 4 is 0 Å². The predicted octanol–water partition coefficient (Wildman–Crippen LogP) is 5.12. The van der Waals surface area contributed by atoms with Gasteiger partial charge in [0.15, 0.2) is 0 Å². The second-order valence-electron chi connectivity index (χ2n) is 9.41. The number of benzene rings is 1. The number of unbranched alkanes of at least 4 members (excludes halogenated alkanes) is 4. The molecule has 1 fully saturated rings. The lowest BCUT2D eigenvalue weighted by atomic mass is 9.86. The zero-order valence-electron chi connectivity index (χ0n) is 19.6. The van der Waals surface area contributed by atoms with Crippen molar-refractivity contribution in [1.29, 1.82) is 0 Å². The van der Waals surface area contributed by atoms with E-state index in [9.17, 15) is 10.2 Å². The van der Waals surface area contributed by atoms with Crippen molar-refractivity contribution in [3.63, 3.8) is 0 Å². The van der Waals surface area contributed by atoms with Crippen LogP contribution in [0.4, 0.5) is 0 Å². The summed E-state index contributed by atoms with van der Waals surface area (Å²) in [5.41, 5.74) is 2.55.